The minimum Gasteiger partial charge on any atom is -0.371 e. The van der Waals surface area contributed by atoms with Crippen molar-refractivity contribution in [1.82, 2.24) is 19.2 Å². The predicted octanol–water partition coefficient (Wildman–Crippen LogP) is 1.29. The van der Waals surface area contributed by atoms with Crippen LogP contribution in [-0.4, -0.2) is 86.9 Å². The van der Waals surface area contributed by atoms with E-state index in [9.17, 15) is 13.2 Å². The molecule has 166 valence electrons. The lowest BCUT2D eigenvalue weighted by Crippen LogP contribution is -2.49. The van der Waals surface area contributed by atoms with Crippen molar-refractivity contribution < 1.29 is 13.2 Å². The molecule has 10 heteroatoms. The lowest BCUT2D eigenvalue weighted by atomic mass is 10.1. The van der Waals surface area contributed by atoms with Crippen LogP contribution in [0.2, 0.25) is 0 Å². The number of carbonyl (C=O) groups excluding carboxylic acids is 1. The van der Waals surface area contributed by atoms with Crippen LogP contribution in [0.3, 0.4) is 0 Å². The zero-order valence-corrected chi connectivity index (χ0v) is 18.8. The average Bonchev–Trinajstić information content (AvgIpc) is 3.33. The van der Waals surface area contributed by atoms with Gasteiger partial charge in [-0.3, -0.25) is 4.79 Å². The second-order valence-electron chi connectivity index (χ2n) is 7.99. The molecule has 2 aromatic rings. The topological polar surface area (TPSA) is 90.0 Å². The molecule has 0 radical (unpaired) electrons. The summed E-state index contributed by atoms with van der Waals surface area (Å²) in [5.74, 6) is 0.526. The van der Waals surface area contributed by atoms with E-state index in [0.29, 0.717) is 37.7 Å². The van der Waals surface area contributed by atoms with Gasteiger partial charge >= 0.3 is 0 Å². The molecule has 0 bridgehead atoms. The van der Waals surface area contributed by atoms with Crippen LogP contribution in [0.15, 0.2) is 41.6 Å². The fourth-order valence-electron chi connectivity index (χ4n) is 4.03. The van der Waals surface area contributed by atoms with E-state index < -0.39 is 10.0 Å². The van der Waals surface area contributed by atoms with Crippen LogP contribution in [0, 0.1) is 0 Å². The van der Waals surface area contributed by atoms with Gasteiger partial charge in [0.2, 0.25) is 16.0 Å². The van der Waals surface area contributed by atoms with Gasteiger partial charge in [-0.2, -0.15) is 0 Å². The van der Waals surface area contributed by atoms with Crippen LogP contribution < -0.4 is 9.80 Å². The number of amides is 1. The van der Waals surface area contributed by atoms with Crippen molar-refractivity contribution in [3.8, 4) is 0 Å². The highest BCUT2D eigenvalue weighted by Crippen LogP contribution is 2.29. The third-order valence-electron chi connectivity index (χ3n) is 5.83. The smallest absolute Gasteiger partial charge is 0.256 e. The number of hydrogen-bond donors (Lipinski definition) is 0. The molecule has 2 fully saturated rings. The van der Waals surface area contributed by atoms with E-state index in [-0.39, 0.29) is 10.8 Å². The Kier molecular flexibility index (Phi) is 6.10. The van der Waals surface area contributed by atoms with Crippen LogP contribution in [-0.2, 0) is 10.0 Å². The van der Waals surface area contributed by atoms with Gasteiger partial charge in [-0.25, -0.2) is 22.7 Å². The van der Waals surface area contributed by atoms with Gasteiger partial charge in [-0.1, -0.05) is 0 Å². The van der Waals surface area contributed by atoms with Crippen LogP contribution in [0.1, 0.15) is 23.2 Å². The summed E-state index contributed by atoms with van der Waals surface area (Å²) in [7, 11) is -0.637. The molecule has 4 rings (SSSR count). The molecule has 0 N–H and O–H groups in total. The first kappa shape index (κ1) is 21.5. The summed E-state index contributed by atoms with van der Waals surface area (Å²) in [5.41, 5.74) is 1.27. The second-order valence-corrected chi connectivity index (χ2v) is 10.1. The van der Waals surface area contributed by atoms with E-state index >= 15 is 0 Å². The molecule has 1 amide bonds. The van der Waals surface area contributed by atoms with E-state index in [1.54, 1.807) is 35.5 Å². The fraction of sp³-hybridized carbons (Fsp3) is 0.476. The molecule has 1 aromatic carbocycles. The highest BCUT2D eigenvalue weighted by atomic mass is 32.2. The Balaban J connectivity index is 1.60. The van der Waals surface area contributed by atoms with E-state index in [1.807, 2.05) is 0 Å². The number of rotatable bonds is 5. The molecule has 3 heterocycles. The molecule has 1 aromatic heterocycles. The van der Waals surface area contributed by atoms with Crippen molar-refractivity contribution in [1.29, 1.82) is 0 Å². The molecule has 0 unspecified atom stereocenters. The quantitative estimate of drug-likeness (QED) is 0.686. The normalized spacial score (nSPS) is 17.5. The molecule has 2 aliphatic heterocycles. The number of hydrogen-bond acceptors (Lipinski definition) is 7. The fourth-order valence-corrected chi connectivity index (χ4v) is 4.95. The largest absolute Gasteiger partial charge is 0.371 e. The van der Waals surface area contributed by atoms with E-state index in [0.717, 1.165) is 31.6 Å². The molecule has 0 saturated carbocycles. The van der Waals surface area contributed by atoms with Crippen molar-refractivity contribution in [2.45, 2.75) is 17.7 Å². The monoisotopic (exact) mass is 444 g/mol. The molecule has 0 spiro atoms. The first-order chi connectivity index (χ1) is 14.9. The maximum Gasteiger partial charge on any atom is 0.256 e. The van der Waals surface area contributed by atoms with Crippen LogP contribution in [0.25, 0.3) is 0 Å². The van der Waals surface area contributed by atoms with Gasteiger partial charge < -0.3 is 14.7 Å². The highest BCUT2D eigenvalue weighted by molar-refractivity contribution is 7.89. The third kappa shape index (κ3) is 4.35. The number of anilines is 2. The summed E-state index contributed by atoms with van der Waals surface area (Å²) in [4.78, 5) is 28.2. The lowest BCUT2D eigenvalue weighted by molar-refractivity contribution is 0.0746. The summed E-state index contributed by atoms with van der Waals surface area (Å²) in [6, 6.07) is 6.70. The van der Waals surface area contributed by atoms with Crippen LogP contribution >= 0.6 is 0 Å². The average molecular weight is 445 g/mol. The number of piperazine rings is 1. The zero-order chi connectivity index (χ0) is 22.0. The maximum atomic E-state index is 13.5. The van der Waals surface area contributed by atoms with Crippen molar-refractivity contribution in [3.05, 3.63) is 42.2 Å². The Bertz CT molecular complexity index is 1030. The second kappa shape index (κ2) is 8.80. The number of carbonyl (C=O) groups is 1. The van der Waals surface area contributed by atoms with Gasteiger partial charge in [0.05, 0.1) is 10.5 Å². The van der Waals surface area contributed by atoms with Crippen LogP contribution in [0.4, 0.5) is 11.6 Å². The van der Waals surface area contributed by atoms with Crippen LogP contribution in [0.5, 0.6) is 0 Å². The van der Waals surface area contributed by atoms with E-state index in [1.165, 1.54) is 24.5 Å². The summed E-state index contributed by atoms with van der Waals surface area (Å²) in [6.45, 7) is 4.07. The Labute approximate surface area is 183 Å². The molecular weight excluding hydrogens is 416 g/mol. The van der Waals surface area contributed by atoms with Crippen molar-refractivity contribution in [2.24, 2.45) is 0 Å². The first-order valence-electron chi connectivity index (χ1n) is 10.5. The molecule has 2 aliphatic rings. The predicted molar refractivity (Wildman–Crippen MR) is 119 cm³/mol. The van der Waals surface area contributed by atoms with E-state index in [2.05, 4.69) is 19.8 Å². The van der Waals surface area contributed by atoms with Gasteiger partial charge in [0.1, 0.15) is 0 Å². The minimum atomic E-state index is -3.63. The zero-order valence-electron chi connectivity index (χ0n) is 17.9. The molecule has 2 saturated heterocycles. The van der Waals surface area contributed by atoms with Gasteiger partial charge in [-0.15, -0.1) is 0 Å². The Morgan fingerprint density at radius 3 is 2.19 bits per heavy atom. The van der Waals surface area contributed by atoms with Crippen molar-refractivity contribution in [3.63, 3.8) is 0 Å². The molecule has 31 heavy (non-hydrogen) atoms. The van der Waals surface area contributed by atoms with Gasteiger partial charge in [0.15, 0.2) is 0 Å². The van der Waals surface area contributed by atoms with Gasteiger partial charge in [0.25, 0.3) is 5.91 Å². The lowest BCUT2D eigenvalue weighted by Gasteiger charge is -2.35. The molecule has 0 atom stereocenters. The molecule has 0 aliphatic carbocycles. The summed E-state index contributed by atoms with van der Waals surface area (Å²) in [5, 5.41) is 0. The minimum absolute atomic E-state index is 0.133. The molecular formula is C21H28N6O3S. The Morgan fingerprint density at radius 1 is 0.935 bits per heavy atom. The van der Waals surface area contributed by atoms with E-state index in [4.69, 9.17) is 0 Å². The maximum absolute atomic E-state index is 13.5. The van der Waals surface area contributed by atoms with Crippen molar-refractivity contribution >= 4 is 27.6 Å². The number of nitrogens with zero attached hydrogens (tertiary/aromatic N) is 6. The summed E-state index contributed by atoms with van der Waals surface area (Å²) < 4.78 is 26.5. The highest BCUT2D eigenvalue weighted by Gasteiger charge is 2.29. The number of aromatic nitrogens is 2. The summed E-state index contributed by atoms with van der Waals surface area (Å²) in [6.07, 6.45) is 5.56. The first-order valence-corrected chi connectivity index (χ1v) is 11.9. The van der Waals surface area contributed by atoms with Gasteiger partial charge in [0, 0.05) is 71.4 Å². The van der Waals surface area contributed by atoms with Gasteiger partial charge in [-0.05, 0) is 37.1 Å². The molecule has 9 nitrogen and oxygen atoms in total. The van der Waals surface area contributed by atoms with Crippen molar-refractivity contribution in [2.75, 3.05) is 63.2 Å². The number of benzene rings is 1. The SMILES string of the molecule is CN(C)S(=O)(=O)c1ccc(N2CCCC2)c(C(=O)N2CCN(c3ncccn3)CC2)c1. The Morgan fingerprint density at radius 2 is 1.58 bits per heavy atom. The standard InChI is InChI=1S/C21H28N6O3S/c1-24(2)31(29,30)17-6-7-19(25-10-3-4-11-25)18(16-17)20(28)26-12-14-27(15-13-26)21-22-8-5-9-23-21/h5-9,16H,3-4,10-15H2,1-2H3. The number of sulfonamides is 1. The third-order valence-corrected chi connectivity index (χ3v) is 7.64. The Hall–Kier alpha value is -2.72. The summed E-state index contributed by atoms with van der Waals surface area (Å²) >= 11 is 0.